The van der Waals surface area contributed by atoms with Gasteiger partial charge in [0, 0.05) is 25.3 Å². The van der Waals surface area contributed by atoms with E-state index in [1.165, 1.54) is 12.1 Å². The second kappa shape index (κ2) is 7.55. The SMILES string of the molecule is O=C(Nc1ccccc1CN1CCC(O)CC1)c1ccccc1F. The van der Waals surface area contributed by atoms with Crippen molar-refractivity contribution in [3.63, 3.8) is 0 Å². The predicted octanol–water partition coefficient (Wildman–Crippen LogP) is 3.03. The van der Waals surface area contributed by atoms with E-state index in [4.69, 9.17) is 0 Å². The van der Waals surface area contributed by atoms with Crippen LogP contribution in [0.5, 0.6) is 0 Å². The lowest BCUT2D eigenvalue weighted by Gasteiger charge is -2.30. The van der Waals surface area contributed by atoms with Crippen LogP contribution in [0.25, 0.3) is 0 Å². The van der Waals surface area contributed by atoms with Gasteiger partial charge in [-0.25, -0.2) is 4.39 Å². The molecule has 0 bridgehead atoms. The van der Waals surface area contributed by atoms with Crippen LogP contribution >= 0.6 is 0 Å². The minimum Gasteiger partial charge on any atom is -0.393 e. The van der Waals surface area contributed by atoms with Gasteiger partial charge >= 0.3 is 0 Å². The number of hydrogen-bond donors (Lipinski definition) is 2. The first kappa shape index (κ1) is 16.6. The van der Waals surface area contributed by atoms with Crippen LogP contribution in [0, 0.1) is 5.82 Å². The normalized spacial score (nSPS) is 16.1. The molecule has 1 heterocycles. The summed E-state index contributed by atoms with van der Waals surface area (Å²) in [6.07, 6.45) is 1.32. The molecule has 1 fully saturated rings. The Hall–Kier alpha value is -2.24. The fourth-order valence-electron chi connectivity index (χ4n) is 2.93. The number of carbonyl (C=O) groups is 1. The maximum Gasteiger partial charge on any atom is 0.258 e. The number of aliphatic hydroxyl groups excluding tert-OH is 1. The van der Waals surface area contributed by atoms with Crippen molar-refractivity contribution in [2.45, 2.75) is 25.5 Å². The molecule has 5 heteroatoms. The number of piperidine rings is 1. The number of rotatable bonds is 4. The number of carbonyl (C=O) groups excluding carboxylic acids is 1. The quantitative estimate of drug-likeness (QED) is 0.907. The summed E-state index contributed by atoms with van der Waals surface area (Å²) in [5.74, 6) is -0.980. The highest BCUT2D eigenvalue weighted by Gasteiger charge is 2.19. The molecule has 1 amide bonds. The number of aliphatic hydroxyl groups is 1. The van der Waals surface area contributed by atoms with E-state index in [1.807, 2.05) is 24.3 Å². The lowest BCUT2D eigenvalue weighted by Crippen LogP contribution is -2.35. The van der Waals surface area contributed by atoms with Crippen LogP contribution in [0.1, 0.15) is 28.8 Å². The highest BCUT2D eigenvalue weighted by molar-refractivity contribution is 6.04. The highest BCUT2D eigenvalue weighted by atomic mass is 19.1. The van der Waals surface area contributed by atoms with Crippen LogP contribution in [0.3, 0.4) is 0 Å². The molecule has 1 aliphatic rings. The highest BCUT2D eigenvalue weighted by Crippen LogP contribution is 2.21. The maximum atomic E-state index is 13.8. The lowest BCUT2D eigenvalue weighted by molar-refractivity contribution is 0.0793. The van der Waals surface area contributed by atoms with Gasteiger partial charge in [0.25, 0.3) is 5.91 Å². The van der Waals surface area contributed by atoms with E-state index in [2.05, 4.69) is 10.2 Å². The van der Waals surface area contributed by atoms with Crippen molar-refractivity contribution in [1.29, 1.82) is 0 Å². The Morgan fingerprint density at radius 1 is 1.12 bits per heavy atom. The first-order valence-electron chi connectivity index (χ1n) is 8.17. The molecule has 24 heavy (non-hydrogen) atoms. The van der Waals surface area contributed by atoms with Gasteiger partial charge in [-0.15, -0.1) is 0 Å². The molecule has 3 rings (SSSR count). The van der Waals surface area contributed by atoms with Gasteiger partial charge in [-0.1, -0.05) is 30.3 Å². The minimum atomic E-state index is -0.530. The molecule has 0 saturated carbocycles. The molecule has 4 nitrogen and oxygen atoms in total. The van der Waals surface area contributed by atoms with Crippen molar-refractivity contribution >= 4 is 11.6 Å². The monoisotopic (exact) mass is 328 g/mol. The molecule has 0 aliphatic carbocycles. The smallest absolute Gasteiger partial charge is 0.258 e. The van der Waals surface area contributed by atoms with Crippen molar-refractivity contribution in [3.05, 3.63) is 65.5 Å². The molecule has 0 spiro atoms. The second-order valence-corrected chi connectivity index (χ2v) is 6.10. The zero-order valence-corrected chi connectivity index (χ0v) is 13.4. The Bertz CT molecular complexity index is 712. The minimum absolute atomic E-state index is 0.0356. The third kappa shape index (κ3) is 3.99. The van der Waals surface area contributed by atoms with E-state index >= 15 is 0 Å². The number of halogens is 1. The summed E-state index contributed by atoms with van der Waals surface area (Å²) in [5, 5.41) is 12.4. The molecule has 2 aromatic carbocycles. The van der Waals surface area contributed by atoms with Crippen LogP contribution in [-0.2, 0) is 6.54 Å². The van der Waals surface area contributed by atoms with E-state index < -0.39 is 11.7 Å². The molecule has 126 valence electrons. The van der Waals surface area contributed by atoms with Crippen LogP contribution in [0.2, 0.25) is 0 Å². The Morgan fingerprint density at radius 3 is 2.54 bits per heavy atom. The van der Waals surface area contributed by atoms with Gasteiger partial charge in [-0.3, -0.25) is 9.69 Å². The van der Waals surface area contributed by atoms with Crippen LogP contribution in [0.4, 0.5) is 10.1 Å². The average molecular weight is 328 g/mol. The van der Waals surface area contributed by atoms with E-state index in [9.17, 15) is 14.3 Å². The number of amides is 1. The molecule has 0 radical (unpaired) electrons. The predicted molar refractivity (Wildman–Crippen MR) is 91.3 cm³/mol. The Labute approximate surface area is 140 Å². The van der Waals surface area contributed by atoms with Crippen molar-refractivity contribution in [3.8, 4) is 0 Å². The van der Waals surface area contributed by atoms with Gasteiger partial charge < -0.3 is 10.4 Å². The van der Waals surface area contributed by atoms with Crippen molar-refractivity contribution in [2.75, 3.05) is 18.4 Å². The fraction of sp³-hybridized carbons (Fsp3) is 0.316. The molecular formula is C19H21FN2O2. The fourth-order valence-corrected chi connectivity index (χ4v) is 2.93. The zero-order chi connectivity index (χ0) is 16.9. The number of likely N-dealkylation sites (tertiary alicyclic amines) is 1. The second-order valence-electron chi connectivity index (χ2n) is 6.10. The number of para-hydroxylation sites is 1. The number of nitrogens with zero attached hydrogens (tertiary/aromatic N) is 1. The van der Waals surface area contributed by atoms with Crippen LogP contribution < -0.4 is 5.32 Å². The zero-order valence-electron chi connectivity index (χ0n) is 13.4. The van der Waals surface area contributed by atoms with E-state index in [-0.39, 0.29) is 11.7 Å². The lowest BCUT2D eigenvalue weighted by atomic mass is 10.1. The molecule has 0 unspecified atom stereocenters. The summed E-state index contributed by atoms with van der Waals surface area (Å²) in [4.78, 5) is 14.6. The number of benzene rings is 2. The summed E-state index contributed by atoms with van der Waals surface area (Å²) in [6.45, 7) is 2.36. The van der Waals surface area contributed by atoms with Gasteiger partial charge in [0.05, 0.1) is 11.7 Å². The molecule has 0 aromatic heterocycles. The maximum absolute atomic E-state index is 13.8. The molecular weight excluding hydrogens is 307 g/mol. The van der Waals surface area contributed by atoms with E-state index in [0.29, 0.717) is 12.2 Å². The standard InChI is InChI=1S/C19H21FN2O2/c20-17-7-3-2-6-16(17)19(24)21-18-8-4-1-5-14(18)13-22-11-9-15(23)10-12-22/h1-8,15,23H,9-13H2,(H,21,24). The van der Waals surface area contributed by atoms with Crippen LogP contribution in [-0.4, -0.2) is 35.1 Å². The van der Waals surface area contributed by atoms with Gasteiger partial charge in [0.1, 0.15) is 5.82 Å². The van der Waals surface area contributed by atoms with E-state index in [1.54, 1.807) is 12.1 Å². The van der Waals surface area contributed by atoms with Crippen molar-refractivity contribution in [2.24, 2.45) is 0 Å². The largest absolute Gasteiger partial charge is 0.393 e. The van der Waals surface area contributed by atoms with E-state index in [0.717, 1.165) is 31.5 Å². The Kier molecular flexibility index (Phi) is 5.23. The first-order valence-corrected chi connectivity index (χ1v) is 8.17. The molecule has 2 aromatic rings. The van der Waals surface area contributed by atoms with Gasteiger partial charge in [-0.2, -0.15) is 0 Å². The van der Waals surface area contributed by atoms with Crippen molar-refractivity contribution < 1.29 is 14.3 Å². The third-order valence-electron chi connectivity index (χ3n) is 4.34. The van der Waals surface area contributed by atoms with Gasteiger partial charge in [0.15, 0.2) is 0 Å². The summed E-state index contributed by atoms with van der Waals surface area (Å²) < 4.78 is 13.8. The number of hydrogen-bond acceptors (Lipinski definition) is 3. The Morgan fingerprint density at radius 2 is 1.79 bits per heavy atom. The summed E-state index contributed by atoms with van der Waals surface area (Å²) in [5.41, 5.74) is 1.71. The van der Waals surface area contributed by atoms with Gasteiger partial charge in [-0.05, 0) is 36.6 Å². The first-order chi connectivity index (χ1) is 11.6. The van der Waals surface area contributed by atoms with Crippen LogP contribution in [0.15, 0.2) is 48.5 Å². The molecule has 0 atom stereocenters. The number of anilines is 1. The molecule has 1 saturated heterocycles. The van der Waals surface area contributed by atoms with Crippen molar-refractivity contribution in [1.82, 2.24) is 4.90 Å². The molecule has 2 N–H and O–H groups in total. The summed E-state index contributed by atoms with van der Waals surface area (Å²) >= 11 is 0. The Balaban J connectivity index is 1.72. The summed E-state index contributed by atoms with van der Waals surface area (Å²) in [6, 6.07) is 13.5. The average Bonchev–Trinajstić information content (AvgIpc) is 2.59. The molecule has 1 aliphatic heterocycles. The topological polar surface area (TPSA) is 52.6 Å². The number of nitrogens with one attached hydrogen (secondary N) is 1. The summed E-state index contributed by atoms with van der Waals surface area (Å²) in [7, 11) is 0. The van der Waals surface area contributed by atoms with Gasteiger partial charge in [0.2, 0.25) is 0 Å². The third-order valence-corrected chi connectivity index (χ3v) is 4.34.